The van der Waals surface area contributed by atoms with Gasteiger partial charge in [0, 0.05) is 23.7 Å². The van der Waals surface area contributed by atoms with Gasteiger partial charge in [-0.2, -0.15) is 0 Å². The van der Waals surface area contributed by atoms with Crippen LogP contribution in [0, 0.1) is 0 Å². The molecule has 96 valence electrons. The van der Waals surface area contributed by atoms with Crippen molar-refractivity contribution < 1.29 is 0 Å². The molecule has 1 aliphatic rings. The van der Waals surface area contributed by atoms with Gasteiger partial charge in [0.25, 0.3) is 0 Å². The Morgan fingerprint density at radius 2 is 2.06 bits per heavy atom. The lowest BCUT2D eigenvalue weighted by molar-refractivity contribution is 0.326. The van der Waals surface area contributed by atoms with Gasteiger partial charge in [-0.05, 0) is 30.5 Å². The molecule has 0 spiro atoms. The second-order valence-corrected chi connectivity index (χ2v) is 5.00. The van der Waals surface area contributed by atoms with Gasteiger partial charge in [0.2, 0.25) is 0 Å². The molecular formula is C13H20Cl2N2. The number of hydrogen-bond donors (Lipinski definition) is 2. The Bertz CT molecular complexity index is 344. The summed E-state index contributed by atoms with van der Waals surface area (Å²) in [6.45, 7) is 0.860. The molecule has 0 aromatic heterocycles. The molecule has 2 atom stereocenters. The van der Waals surface area contributed by atoms with Gasteiger partial charge in [-0.3, -0.25) is 0 Å². The van der Waals surface area contributed by atoms with Crippen LogP contribution in [0.2, 0.25) is 5.02 Å². The molecular weight excluding hydrogens is 255 g/mol. The number of rotatable bonds is 3. The van der Waals surface area contributed by atoms with Crippen molar-refractivity contribution in [1.82, 2.24) is 5.32 Å². The lowest BCUT2D eigenvalue weighted by Gasteiger charge is -2.29. The predicted molar refractivity (Wildman–Crippen MR) is 75.8 cm³/mol. The summed E-state index contributed by atoms with van der Waals surface area (Å²) in [7, 11) is 0. The highest BCUT2D eigenvalue weighted by Gasteiger charge is 2.20. The molecule has 3 N–H and O–H groups in total. The van der Waals surface area contributed by atoms with Crippen molar-refractivity contribution in [2.75, 3.05) is 0 Å². The summed E-state index contributed by atoms with van der Waals surface area (Å²) >= 11 is 5.94. The number of halogens is 2. The Kier molecular flexibility index (Phi) is 6.28. The van der Waals surface area contributed by atoms with Gasteiger partial charge in [-0.25, -0.2) is 0 Å². The second-order valence-electron chi connectivity index (χ2n) is 4.57. The average molecular weight is 275 g/mol. The predicted octanol–water partition coefficient (Wildman–Crippen LogP) is 3.12. The smallest absolute Gasteiger partial charge is 0.0409 e. The molecule has 1 fully saturated rings. The van der Waals surface area contributed by atoms with Crippen LogP contribution in [0.15, 0.2) is 24.3 Å². The number of nitrogens with one attached hydrogen (secondary N) is 1. The first-order valence-electron chi connectivity index (χ1n) is 5.99. The molecule has 2 unspecified atom stereocenters. The van der Waals surface area contributed by atoms with E-state index in [4.69, 9.17) is 17.3 Å². The average Bonchev–Trinajstić information content (AvgIpc) is 2.28. The topological polar surface area (TPSA) is 38.0 Å². The maximum Gasteiger partial charge on any atom is 0.0409 e. The number of hydrogen-bond acceptors (Lipinski definition) is 2. The van der Waals surface area contributed by atoms with Gasteiger partial charge in [-0.15, -0.1) is 12.4 Å². The van der Waals surface area contributed by atoms with E-state index < -0.39 is 0 Å². The lowest BCUT2D eigenvalue weighted by Crippen LogP contribution is -2.46. The summed E-state index contributed by atoms with van der Waals surface area (Å²) in [5.41, 5.74) is 7.31. The first-order chi connectivity index (χ1) is 7.75. The van der Waals surface area contributed by atoms with Gasteiger partial charge < -0.3 is 11.1 Å². The van der Waals surface area contributed by atoms with Gasteiger partial charge >= 0.3 is 0 Å². The first kappa shape index (κ1) is 14.8. The van der Waals surface area contributed by atoms with Crippen LogP contribution in [0.1, 0.15) is 31.2 Å². The summed E-state index contributed by atoms with van der Waals surface area (Å²) in [4.78, 5) is 0. The van der Waals surface area contributed by atoms with Crippen molar-refractivity contribution in [1.29, 1.82) is 0 Å². The van der Waals surface area contributed by atoms with E-state index in [0.717, 1.165) is 18.0 Å². The fourth-order valence-electron chi connectivity index (χ4n) is 2.31. The van der Waals surface area contributed by atoms with E-state index in [1.54, 1.807) is 0 Å². The van der Waals surface area contributed by atoms with E-state index in [-0.39, 0.29) is 12.4 Å². The zero-order valence-electron chi connectivity index (χ0n) is 9.86. The van der Waals surface area contributed by atoms with Crippen LogP contribution in [0.4, 0.5) is 0 Å². The van der Waals surface area contributed by atoms with E-state index in [2.05, 4.69) is 11.4 Å². The van der Waals surface area contributed by atoms with E-state index >= 15 is 0 Å². The highest BCUT2D eigenvalue weighted by atomic mass is 35.5. The minimum absolute atomic E-state index is 0. The standard InChI is InChI=1S/C13H19ClN2.ClH/c14-11-5-3-4-10(8-11)9-16-13-7-2-1-6-12(13)15;/h3-5,8,12-13,16H,1-2,6-7,9,15H2;1H. The first-order valence-corrected chi connectivity index (χ1v) is 6.37. The third kappa shape index (κ3) is 4.47. The SMILES string of the molecule is Cl.NC1CCCCC1NCc1cccc(Cl)c1. The largest absolute Gasteiger partial charge is 0.326 e. The molecule has 0 aliphatic heterocycles. The normalized spacial score (nSPS) is 24.1. The van der Waals surface area contributed by atoms with Crippen molar-refractivity contribution >= 4 is 24.0 Å². The highest BCUT2D eigenvalue weighted by Crippen LogP contribution is 2.17. The second kappa shape index (κ2) is 7.22. The molecule has 0 bridgehead atoms. The molecule has 1 aromatic carbocycles. The van der Waals surface area contributed by atoms with Crippen LogP contribution in [0.25, 0.3) is 0 Å². The van der Waals surface area contributed by atoms with Crippen LogP contribution < -0.4 is 11.1 Å². The van der Waals surface area contributed by atoms with Crippen molar-refractivity contribution in [3.63, 3.8) is 0 Å². The monoisotopic (exact) mass is 274 g/mol. The zero-order valence-corrected chi connectivity index (χ0v) is 11.4. The van der Waals surface area contributed by atoms with E-state index in [0.29, 0.717) is 12.1 Å². The van der Waals surface area contributed by atoms with E-state index in [9.17, 15) is 0 Å². The van der Waals surface area contributed by atoms with Crippen LogP contribution in [0.3, 0.4) is 0 Å². The lowest BCUT2D eigenvalue weighted by atomic mass is 9.91. The van der Waals surface area contributed by atoms with Gasteiger partial charge in [-0.1, -0.05) is 36.6 Å². The molecule has 0 heterocycles. The minimum Gasteiger partial charge on any atom is -0.326 e. The molecule has 0 saturated heterocycles. The summed E-state index contributed by atoms with van der Waals surface area (Å²) in [6, 6.07) is 8.76. The summed E-state index contributed by atoms with van der Waals surface area (Å²) in [5.74, 6) is 0. The van der Waals surface area contributed by atoms with Crippen molar-refractivity contribution in [2.24, 2.45) is 5.73 Å². The molecule has 17 heavy (non-hydrogen) atoms. The highest BCUT2D eigenvalue weighted by molar-refractivity contribution is 6.30. The van der Waals surface area contributed by atoms with Gasteiger partial charge in [0.05, 0.1) is 0 Å². The van der Waals surface area contributed by atoms with Crippen molar-refractivity contribution in [3.05, 3.63) is 34.9 Å². The molecule has 1 aromatic rings. The minimum atomic E-state index is 0. The Hall–Kier alpha value is -0.280. The van der Waals surface area contributed by atoms with Crippen LogP contribution in [0.5, 0.6) is 0 Å². The fraction of sp³-hybridized carbons (Fsp3) is 0.538. The third-order valence-corrected chi connectivity index (χ3v) is 3.51. The van der Waals surface area contributed by atoms with Crippen LogP contribution >= 0.6 is 24.0 Å². The molecule has 1 aliphatic carbocycles. The Morgan fingerprint density at radius 3 is 2.76 bits per heavy atom. The van der Waals surface area contributed by atoms with Crippen molar-refractivity contribution in [2.45, 2.75) is 44.3 Å². The van der Waals surface area contributed by atoms with Crippen molar-refractivity contribution in [3.8, 4) is 0 Å². The maximum absolute atomic E-state index is 6.08. The Labute approximate surface area is 114 Å². The zero-order chi connectivity index (χ0) is 11.4. The molecule has 0 amide bonds. The molecule has 0 radical (unpaired) electrons. The van der Waals surface area contributed by atoms with Crippen LogP contribution in [-0.4, -0.2) is 12.1 Å². The number of benzene rings is 1. The third-order valence-electron chi connectivity index (χ3n) is 3.28. The maximum atomic E-state index is 6.08. The molecule has 1 saturated carbocycles. The summed E-state index contributed by atoms with van der Waals surface area (Å²) < 4.78 is 0. The molecule has 4 heteroatoms. The summed E-state index contributed by atoms with van der Waals surface area (Å²) in [5, 5.41) is 4.33. The van der Waals surface area contributed by atoms with Gasteiger partial charge in [0.1, 0.15) is 0 Å². The van der Waals surface area contributed by atoms with E-state index in [1.807, 2.05) is 18.2 Å². The number of nitrogens with two attached hydrogens (primary N) is 1. The van der Waals surface area contributed by atoms with Gasteiger partial charge in [0.15, 0.2) is 0 Å². The quantitative estimate of drug-likeness (QED) is 0.889. The Morgan fingerprint density at radius 1 is 1.29 bits per heavy atom. The summed E-state index contributed by atoms with van der Waals surface area (Å²) in [6.07, 6.45) is 4.91. The Balaban J connectivity index is 0.00000144. The molecule has 2 rings (SSSR count). The van der Waals surface area contributed by atoms with Crippen LogP contribution in [-0.2, 0) is 6.54 Å². The van der Waals surface area contributed by atoms with E-state index in [1.165, 1.54) is 24.8 Å². The fourth-order valence-corrected chi connectivity index (χ4v) is 2.52. The molecule has 2 nitrogen and oxygen atoms in total.